The van der Waals surface area contributed by atoms with Crippen molar-refractivity contribution in [3.63, 3.8) is 0 Å². The molecule has 0 aromatic rings. The molecule has 0 aliphatic carbocycles. The molecule has 0 spiro atoms. The lowest BCUT2D eigenvalue weighted by Crippen LogP contribution is -2.11. The maximum absolute atomic E-state index is 10.3. The number of aliphatic carboxylic acids is 1. The molecule has 0 saturated heterocycles. The van der Waals surface area contributed by atoms with Crippen molar-refractivity contribution >= 4 is 5.97 Å². The molecule has 0 bridgehead atoms. The van der Waals surface area contributed by atoms with Crippen LogP contribution in [0, 0.1) is 0 Å². The van der Waals surface area contributed by atoms with Crippen molar-refractivity contribution < 1.29 is 15.0 Å². The highest BCUT2D eigenvalue weighted by Gasteiger charge is 1.95. The zero-order valence-electron chi connectivity index (χ0n) is 16.0. The molecule has 4 N–H and O–H groups in total. The highest BCUT2D eigenvalue weighted by molar-refractivity contribution is 5.66. The number of rotatable bonds is 15. The van der Waals surface area contributed by atoms with E-state index in [0.717, 1.165) is 12.8 Å². The van der Waals surface area contributed by atoms with Gasteiger partial charge in [0.2, 0.25) is 0 Å². The van der Waals surface area contributed by atoms with E-state index in [2.05, 4.69) is 24.8 Å². The third kappa shape index (κ3) is 32.9. The molecule has 0 aliphatic heterocycles. The first-order valence-electron chi connectivity index (χ1n) is 9.81. The van der Waals surface area contributed by atoms with Gasteiger partial charge in [-0.3, -0.25) is 4.79 Å². The van der Waals surface area contributed by atoms with E-state index in [-0.39, 0.29) is 0 Å². The van der Waals surface area contributed by atoms with Gasteiger partial charge in [0.1, 0.15) is 0 Å². The van der Waals surface area contributed by atoms with E-state index in [9.17, 15) is 4.79 Å². The highest BCUT2D eigenvalue weighted by atomic mass is 16.4. The van der Waals surface area contributed by atoms with Gasteiger partial charge in [-0.1, -0.05) is 70.4 Å². The molecule has 24 heavy (non-hydrogen) atoms. The van der Waals surface area contributed by atoms with Gasteiger partial charge in [-0.25, -0.2) is 0 Å². The Morgan fingerprint density at radius 3 is 1.67 bits per heavy atom. The Kier molecular flexibility index (Phi) is 23.4. The summed E-state index contributed by atoms with van der Waals surface area (Å²) >= 11 is 0. The Labute approximate surface area is 149 Å². The number of allylic oxidation sites excluding steroid dienone is 2. The molecule has 0 aromatic heterocycles. The lowest BCUT2D eigenvalue weighted by molar-refractivity contribution is -0.137. The maximum Gasteiger partial charge on any atom is 0.303 e. The van der Waals surface area contributed by atoms with Crippen LogP contribution < -0.4 is 5.73 Å². The highest BCUT2D eigenvalue weighted by Crippen LogP contribution is 2.09. The van der Waals surface area contributed by atoms with Gasteiger partial charge in [-0.2, -0.15) is 0 Å². The van der Waals surface area contributed by atoms with Crippen LogP contribution in [0.15, 0.2) is 12.2 Å². The second-order valence-electron chi connectivity index (χ2n) is 6.47. The van der Waals surface area contributed by atoms with E-state index in [1.165, 1.54) is 77.6 Å². The van der Waals surface area contributed by atoms with Crippen LogP contribution in [0.2, 0.25) is 0 Å². The Morgan fingerprint density at radius 2 is 1.25 bits per heavy atom. The average Bonchev–Trinajstić information content (AvgIpc) is 2.50. The summed E-state index contributed by atoms with van der Waals surface area (Å²) in [6, 6.07) is 0. The van der Waals surface area contributed by atoms with Gasteiger partial charge in [0.15, 0.2) is 0 Å². The number of aliphatic hydroxyl groups is 1. The Morgan fingerprint density at radius 1 is 0.875 bits per heavy atom. The van der Waals surface area contributed by atoms with Gasteiger partial charge >= 0.3 is 5.97 Å². The number of carboxylic acids is 1. The molecule has 1 atom stereocenters. The van der Waals surface area contributed by atoms with E-state index >= 15 is 0 Å². The first-order chi connectivity index (χ1) is 11.5. The van der Waals surface area contributed by atoms with Crippen LogP contribution in [0.25, 0.3) is 0 Å². The number of unbranched alkanes of at least 4 members (excludes halogenated alkanes) is 11. The number of carboxylic acid groups (broad SMARTS) is 1. The molecule has 144 valence electrons. The van der Waals surface area contributed by atoms with E-state index in [1.54, 1.807) is 0 Å². The molecule has 1 unspecified atom stereocenters. The molecule has 0 fully saturated rings. The zero-order chi connectivity index (χ0) is 18.5. The summed E-state index contributed by atoms with van der Waals surface area (Å²) < 4.78 is 0. The van der Waals surface area contributed by atoms with Crippen LogP contribution in [0.4, 0.5) is 0 Å². The summed E-state index contributed by atoms with van der Waals surface area (Å²) in [6.45, 7) is 3.76. The van der Waals surface area contributed by atoms with Gasteiger partial charge in [0, 0.05) is 6.42 Å². The van der Waals surface area contributed by atoms with Crippen LogP contribution in [-0.4, -0.2) is 22.4 Å². The fourth-order valence-corrected chi connectivity index (χ4v) is 2.35. The van der Waals surface area contributed by atoms with Crippen molar-refractivity contribution in [2.45, 2.75) is 110 Å². The van der Waals surface area contributed by atoms with Gasteiger partial charge in [0.05, 0.1) is 6.23 Å². The van der Waals surface area contributed by atoms with Gasteiger partial charge in [0.25, 0.3) is 0 Å². The van der Waals surface area contributed by atoms with Crippen LogP contribution in [0.3, 0.4) is 0 Å². The smallest absolute Gasteiger partial charge is 0.303 e. The molecule has 4 heteroatoms. The Bertz CT molecular complexity index is 275. The first kappa shape index (κ1) is 25.4. The van der Waals surface area contributed by atoms with Crippen molar-refractivity contribution in [2.75, 3.05) is 0 Å². The zero-order valence-corrected chi connectivity index (χ0v) is 16.0. The lowest BCUT2D eigenvalue weighted by Gasteiger charge is -1.99. The molecule has 0 amide bonds. The fourth-order valence-electron chi connectivity index (χ4n) is 2.35. The number of carbonyl (C=O) groups is 1. The summed E-state index contributed by atoms with van der Waals surface area (Å²) in [5, 5.41) is 16.3. The molecular weight excluding hydrogens is 302 g/mol. The molecule has 0 heterocycles. The lowest BCUT2D eigenvalue weighted by atomic mass is 10.1. The summed E-state index contributed by atoms with van der Waals surface area (Å²) in [6.07, 6.45) is 20.6. The Hall–Kier alpha value is -0.870. The van der Waals surface area contributed by atoms with E-state index in [4.69, 9.17) is 10.2 Å². The van der Waals surface area contributed by atoms with Gasteiger partial charge in [-0.05, 0) is 39.0 Å². The topological polar surface area (TPSA) is 83.5 Å². The first-order valence-corrected chi connectivity index (χ1v) is 9.81. The molecular formula is C20H41NO3. The quantitative estimate of drug-likeness (QED) is 0.211. The van der Waals surface area contributed by atoms with Crippen molar-refractivity contribution in [1.29, 1.82) is 0 Å². The number of hydrogen-bond donors (Lipinski definition) is 3. The number of hydrogen-bond acceptors (Lipinski definition) is 3. The normalized spacial score (nSPS) is 12.0. The minimum Gasteiger partial charge on any atom is -0.481 e. The van der Waals surface area contributed by atoms with Crippen molar-refractivity contribution in [3.8, 4) is 0 Å². The second kappa shape index (κ2) is 22.1. The fraction of sp³-hybridized carbons (Fsp3) is 0.850. The van der Waals surface area contributed by atoms with E-state index in [0.29, 0.717) is 6.42 Å². The SMILES string of the molecule is CC(N)O.CCCCCCCCC=CCCCCCCCC(=O)O. The predicted octanol–water partition coefficient (Wildman–Crippen LogP) is 5.39. The standard InChI is InChI=1S/C18H34O2.C2H7NO/c1-2-3-4-5-6-7-8-9-10-11-12-13-14-15-16-17-18(19)20;1-2(3)4/h9-10H,2-8,11-17H2,1H3,(H,19,20);2,4H,3H2,1H3. The number of nitrogens with two attached hydrogens (primary N) is 1. The molecule has 0 aromatic carbocycles. The maximum atomic E-state index is 10.3. The summed E-state index contributed by atoms with van der Waals surface area (Å²) in [5.41, 5.74) is 4.67. The summed E-state index contributed by atoms with van der Waals surface area (Å²) in [4.78, 5) is 10.3. The van der Waals surface area contributed by atoms with E-state index < -0.39 is 12.2 Å². The molecule has 0 saturated carbocycles. The summed E-state index contributed by atoms with van der Waals surface area (Å²) in [5.74, 6) is -0.664. The van der Waals surface area contributed by atoms with Crippen LogP contribution in [0.5, 0.6) is 0 Å². The monoisotopic (exact) mass is 343 g/mol. The predicted molar refractivity (Wildman–Crippen MR) is 103 cm³/mol. The largest absolute Gasteiger partial charge is 0.481 e. The van der Waals surface area contributed by atoms with Crippen LogP contribution >= 0.6 is 0 Å². The third-order valence-corrected chi connectivity index (χ3v) is 3.65. The molecule has 0 radical (unpaired) electrons. The van der Waals surface area contributed by atoms with Crippen LogP contribution in [0.1, 0.15) is 104 Å². The molecule has 0 rings (SSSR count). The molecule has 4 nitrogen and oxygen atoms in total. The van der Waals surface area contributed by atoms with Crippen LogP contribution in [-0.2, 0) is 4.79 Å². The summed E-state index contributed by atoms with van der Waals surface area (Å²) in [7, 11) is 0. The van der Waals surface area contributed by atoms with Crippen molar-refractivity contribution in [2.24, 2.45) is 5.73 Å². The van der Waals surface area contributed by atoms with Crippen molar-refractivity contribution in [3.05, 3.63) is 12.2 Å². The number of aliphatic hydroxyl groups excluding tert-OH is 1. The Balaban J connectivity index is 0. The van der Waals surface area contributed by atoms with Gasteiger partial charge < -0.3 is 15.9 Å². The minimum atomic E-state index is -0.667. The molecule has 0 aliphatic rings. The average molecular weight is 344 g/mol. The van der Waals surface area contributed by atoms with Gasteiger partial charge in [-0.15, -0.1) is 0 Å². The van der Waals surface area contributed by atoms with E-state index in [1.807, 2.05) is 0 Å². The van der Waals surface area contributed by atoms with Crippen molar-refractivity contribution in [1.82, 2.24) is 0 Å². The minimum absolute atomic E-state index is 0.332. The third-order valence-electron chi connectivity index (χ3n) is 3.65. The second-order valence-corrected chi connectivity index (χ2v) is 6.47.